The Hall–Kier alpha value is -1.75. The van der Waals surface area contributed by atoms with Gasteiger partial charge in [-0.3, -0.25) is 4.99 Å². The highest BCUT2D eigenvalue weighted by atomic mass is 16.5. The molecule has 0 aromatic heterocycles. The summed E-state index contributed by atoms with van der Waals surface area (Å²) in [5.41, 5.74) is 1.27. The van der Waals surface area contributed by atoms with Crippen LogP contribution in [0.1, 0.15) is 25.3 Å². The SMILES string of the molecule is CCOC1CCN(C(=NC)NCCc2cccc(OC)c2)CC1. The third-order valence-electron chi connectivity index (χ3n) is 4.19. The van der Waals surface area contributed by atoms with Crippen LogP contribution in [0, 0.1) is 0 Å². The van der Waals surface area contributed by atoms with Crippen molar-refractivity contribution in [2.75, 3.05) is 40.4 Å². The van der Waals surface area contributed by atoms with Gasteiger partial charge in [0.2, 0.25) is 0 Å². The van der Waals surface area contributed by atoms with Gasteiger partial charge in [0.15, 0.2) is 5.96 Å². The summed E-state index contributed by atoms with van der Waals surface area (Å²) in [6.45, 7) is 5.74. The maximum absolute atomic E-state index is 5.71. The second kappa shape index (κ2) is 9.40. The molecule has 23 heavy (non-hydrogen) atoms. The molecule has 0 saturated carbocycles. The van der Waals surface area contributed by atoms with Crippen LogP contribution in [0.4, 0.5) is 0 Å². The lowest BCUT2D eigenvalue weighted by Crippen LogP contribution is -2.47. The summed E-state index contributed by atoms with van der Waals surface area (Å²) in [5, 5.41) is 3.47. The highest BCUT2D eigenvalue weighted by Crippen LogP contribution is 2.14. The Kier molecular flexibility index (Phi) is 7.20. The molecule has 5 nitrogen and oxygen atoms in total. The molecule has 0 radical (unpaired) electrons. The van der Waals surface area contributed by atoms with Crippen LogP contribution in [-0.4, -0.2) is 57.4 Å². The number of hydrogen-bond acceptors (Lipinski definition) is 3. The Morgan fingerprint density at radius 2 is 2.13 bits per heavy atom. The van der Waals surface area contributed by atoms with Crippen LogP contribution < -0.4 is 10.1 Å². The molecule has 0 aliphatic carbocycles. The van der Waals surface area contributed by atoms with Crippen LogP contribution in [0.2, 0.25) is 0 Å². The summed E-state index contributed by atoms with van der Waals surface area (Å²) in [6.07, 6.45) is 3.51. The number of rotatable bonds is 6. The number of piperidine rings is 1. The van der Waals surface area contributed by atoms with Crippen LogP contribution in [0.5, 0.6) is 5.75 Å². The fraction of sp³-hybridized carbons (Fsp3) is 0.611. The number of hydrogen-bond donors (Lipinski definition) is 1. The van der Waals surface area contributed by atoms with E-state index in [0.717, 1.165) is 57.2 Å². The smallest absolute Gasteiger partial charge is 0.193 e. The van der Waals surface area contributed by atoms with E-state index in [-0.39, 0.29) is 0 Å². The van der Waals surface area contributed by atoms with Gasteiger partial charge in [-0.05, 0) is 43.9 Å². The molecule has 1 N–H and O–H groups in total. The van der Waals surface area contributed by atoms with Gasteiger partial charge in [-0.25, -0.2) is 0 Å². The molecule has 1 aromatic carbocycles. The van der Waals surface area contributed by atoms with Crippen molar-refractivity contribution in [1.82, 2.24) is 10.2 Å². The molecule has 5 heteroatoms. The molecular formula is C18H29N3O2. The molecule has 0 unspecified atom stereocenters. The van der Waals surface area contributed by atoms with E-state index in [9.17, 15) is 0 Å². The zero-order valence-electron chi connectivity index (χ0n) is 14.5. The summed E-state index contributed by atoms with van der Waals surface area (Å²) in [7, 11) is 3.55. The van der Waals surface area contributed by atoms with Crippen molar-refractivity contribution in [2.24, 2.45) is 4.99 Å². The van der Waals surface area contributed by atoms with Gasteiger partial charge in [0.05, 0.1) is 13.2 Å². The Morgan fingerprint density at radius 3 is 2.78 bits per heavy atom. The number of nitrogens with zero attached hydrogens (tertiary/aromatic N) is 2. The molecule has 0 atom stereocenters. The lowest BCUT2D eigenvalue weighted by molar-refractivity contribution is 0.0264. The highest BCUT2D eigenvalue weighted by molar-refractivity contribution is 5.79. The highest BCUT2D eigenvalue weighted by Gasteiger charge is 2.21. The number of likely N-dealkylation sites (tertiary alicyclic amines) is 1. The maximum atomic E-state index is 5.71. The van der Waals surface area contributed by atoms with Crippen LogP contribution in [0.25, 0.3) is 0 Å². The molecule has 1 aliphatic heterocycles. The van der Waals surface area contributed by atoms with Gasteiger partial charge in [0.1, 0.15) is 5.75 Å². The van der Waals surface area contributed by atoms with Gasteiger partial charge in [-0.15, -0.1) is 0 Å². The quantitative estimate of drug-likeness (QED) is 0.646. The van der Waals surface area contributed by atoms with E-state index in [0.29, 0.717) is 6.10 Å². The van der Waals surface area contributed by atoms with Gasteiger partial charge in [0, 0.05) is 33.3 Å². The molecule has 0 bridgehead atoms. The Bertz CT molecular complexity index is 497. The molecule has 0 amide bonds. The Balaban J connectivity index is 1.77. The standard InChI is InChI=1S/C18H29N3O2/c1-4-23-16-9-12-21(13-10-16)18(19-2)20-11-8-15-6-5-7-17(14-15)22-3/h5-7,14,16H,4,8-13H2,1-3H3,(H,19,20). The minimum absolute atomic E-state index is 0.408. The first-order chi connectivity index (χ1) is 11.3. The van der Waals surface area contributed by atoms with Crippen LogP contribution in [-0.2, 0) is 11.2 Å². The van der Waals surface area contributed by atoms with Crippen LogP contribution in [0.3, 0.4) is 0 Å². The largest absolute Gasteiger partial charge is 0.497 e. The fourth-order valence-electron chi connectivity index (χ4n) is 2.95. The van der Waals surface area contributed by atoms with Crippen molar-refractivity contribution in [3.8, 4) is 5.75 Å². The van der Waals surface area contributed by atoms with Crippen molar-refractivity contribution in [3.05, 3.63) is 29.8 Å². The third kappa shape index (κ3) is 5.43. The minimum Gasteiger partial charge on any atom is -0.497 e. The van der Waals surface area contributed by atoms with Crippen molar-refractivity contribution < 1.29 is 9.47 Å². The first kappa shape index (κ1) is 17.6. The first-order valence-corrected chi connectivity index (χ1v) is 8.47. The van der Waals surface area contributed by atoms with Crippen molar-refractivity contribution >= 4 is 5.96 Å². The molecule has 0 spiro atoms. The number of ether oxygens (including phenoxy) is 2. The molecule has 1 aromatic rings. The predicted octanol–water partition coefficient (Wildman–Crippen LogP) is 2.31. The van der Waals surface area contributed by atoms with Crippen molar-refractivity contribution in [1.29, 1.82) is 0 Å². The zero-order chi connectivity index (χ0) is 16.5. The monoisotopic (exact) mass is 319 g/mol. The van der Waals surface area contributed by atoms with Crippen molar-refractivity contribution in [2.45, 2.75) is 32.3 Å². The fourth-order valence-corrected chi connectivity index (χ4v) is 2.95. The second-order valence-corrected chi connectivity index (χ2v) is 5.72. The van der Waals surface area contributed by atoms with Gasteiger partial charge in [-0.2, -0.15) is 0 Å². The molecular weight excluding hydrogens is 290 g/mol. The summed E-state index contributed by atoms with van der Waals surface area (Å²) < 4.78 is 11.0. The Labute approximate surface area is 139 Å². The Morgan fingerprint density at radius 1 is 1.35 bits per heavy atom. The topological polar surface area (TPSA) is 46.1 Å². The van der Waals surface area contributed by atoms with E-state index in [1.165, 1.54) is 5.56 Å². The van der Waals surface area contributed by atoms with E-state index in [1.54, 1.807) is 7.11 Å². The summed E-state index contributed by atoms with van der Waals surface area (Å²) >= 11 is 0. The van der Waals surface area contributed by atoms with Crippen LogP contribution >= 0.6 is 0 Å². The molecule has 1 heterocycles. The zero-order valence-corrected chi connectivity index (χ0v) is 14.5. The summed E-state index contributed by atoms with van der Waals surface area (Å²) in [4.78, 5) is 6.73. The molecule has 1 saturated heterocycles. The average molecular weight is 319 g/mol. The second-order valence-electron chi connectivity index (χ2n) is 5.72. The van der Waals surface area contributed by atoms with E-state index in [1.807, 2.05) is 19.2 Å². The first-order valence-electron chi connectivity index (χ1n) is 8.47. The lowest BCUT2D eigenvalue weighted by Gasteiger charge is -2.34. The third-order valence-corrected chi connectivity index (χ3v) is 4.19. The van der Waals surface area contributed by atoms with Gasteiger partial charge < -0.3 is 19.7 Å². The van der Waals surface area contributed by atoms with E-state index in [2.05, 4.69) is 34.3 Å². The van der Waals surface area contributed by atoms with Crippen molar-refractivity contribution in [3.63, 3.8) is 0 Å². The lowest BCUT2D eigenvalue weighted by atomic mass is 10.1. The van der Waals surface area contributed by atoms with Gasteiger partial charge in [-0.1, -0.05) is 12.1 Å². The molecule has 128 valence electrons. The minimum atomic E-state index is 0.408. The average Bonchev–Trinajstić information content (AvgIpc) is 2.60. The molecule has 1 aliphatic rings. The number of guanidine groups is 1. The number of methoxy groups -OCH3 is 1. The number of nitrogens with one attached hydrogen (secondary N) is 1. The summed E-state index contributed by atoms with van der Waals surface area (Å²) in [5.74, 6) is 1.90. The molecule has 1 fully saturated rings. The normalized spacial score (nSPS) is 16.5. The maximum Gasteiger partial charge on any atom is 0.193 e. The summed E-state index contributed by atoms with van der Waals surface area (Å²) in [6, 6.07) is 8.21. The molecule has 2 rings (SSSR count). The van der Waals surface area contributed by atoms with Gasteiger partial charge >= 0.3 is 0 Å². The van der Waals surface area contributed by atoms with Gasteiger partial charge in [0.25, 0.3) is 0 Å². The van der Waals surface area contributed by atoms with E-state index in [4.69, 9.17) is 9.47 Å². The van der Waals surface area contributed by atoms with Crippen LogP contribution in [0.15, 0.2) is 29.3 Å². The van der Waals surface area contributed by atoms with E-state index >= 15 is 0 Å². The van der Waals surface area contributed by atoms with E-state index < -0.39 is 0 Å². The predicted molar refractivity (Wildman–Crippen MR) is 94.3 cm³/mol. The number of aliphatic imine (C=N–C) groups is 1. The number of benzene rings is 1.